The van der Waals surface area contributed by atoms with Crippen LogP contribution in [0.5, 0.6) is 5.75 Å². The molecule has 1 aromatic rings. The molecule has 4 nitrogen and oxygen atoms in total. The van der Waals surface area contributed by atoms with Crippen molar-refractivity contribution in [3.63, 3.8) is 0 Å². The molecule has 6 heteroatoms. The van der Waals surface area contributed by atoms with Gasteiger partial charge in [0.05, 0.1) is 0 Å². The number of carbonyl (C=O) groups is 1. The van der Waals surface area contributed by atoms with Crippen LogP contribution in [0, 0.1) is 6.92 Å². The van der Waals surface area contributed by atoms with Gasteiger partial charge in [0.1, 0.15) is 5.75 Å². The van der Waals surface area contributed by atoms with Gasteiger partial charge in [0, 0.05) is 23.2 Å². The van der Waals surface area contributed by atoms with Crippen molar-refractivity contribution in [3.05, 3.63) is 28.8 Å². The Morgan fingerprint density at radius 2 is 2.16 bits per heavy atom. The monoisotopic (exact) mass is 306 g/mol. The molecular weight excluding hydrogens is 287 g/mol. The van der Waals surface area contributed by atoms with Crippen LogP contribution in [0.3, 0.4) is 0 Å². The van der Waals surface area contributed by atoms with Gasteiger partial charge in [-0.3, -0.25) is 4.79 Å². The van der Waals surface area contributed by atoms with Crippen LogP contribution in [0.15, 0.2) is 18.2 Å². The molecule has 1 unspecified atom stereocenters. The Labute approximate surface area is 125 Å². The van der Waals surface area contributed by atoms with Gasteiger partial charge < -0.3 is 15.4 Å². The second kappa shape index (κ2) is 9.02. The molecule has 1 aromatic carbocycles. The van der Waals surface area contributed by atoms with Crippen molar-refractivity contribution in [2.24, 2.45) is 0 Å². The zero-order valence-corrected chi connectivity index (χ0v) is 12.9. The van der Waals surface area contributed by atoms with Gasteiger partial charge in [-0.05, 0) is 33.0 Å². The van der Waals surface area contributed by atoms with Crippen molar-refractivity contribution in [1.82, 2.24) is 10.6 Å². The highest BCUT2D eigenvalue weighted by atomic mass is 35.5. The van der Waals surface area contributed by atoms with E-state index in [9.17, 15) is 4.79 Å². The van der Waals surface area contributed by atoms with E-state index in [1.54, 1.807) is 18.2 Å². The van der Waals surface area contributed by atoms with Crippen LogP contribution in [0.1, 0.15) is 12.5 Å². The summed E-state index contributed by atoms with van der Waals surface area (Å²) in [5.74, 6) is 0.496. The van der Waals surface area contributed by atoms with Gasteiger partial charge in [-0.15, -0.1) is 12.4 Å². The summed E-state index contributed by atoms with van der Waals surface area (Å²) in [4.78, 5) is 11.5. The summed E-state index contributed by atoms with van der Waals surface area (Å²) in [5, 5.41) is 6.45. The molecule has 0 bridgehead atoms. The Kier molecular flexibility index (Phi) is 8.56. The maximum absolute atomic E-state index is 11.5. The summed E-state index contributed by atoms with van der Waals surface area (Å²) in [6.07, 6.45) is 0. The predicted molar refractivity (Wildman–Crippen MR) is 80.5 cm³/mol. The second-order valence-corrected chi connectivity index (χ2v) is 4.55. The average Bonchev–Trinajstić information content (AvgIpc) is 2.37. The van der Waals surface area contributed by atoms with Crippen molar-refractivity contribution in [2.45, 2.75) is 19.9 Å². The number of carbonyl (C=O) groups excluding carboxylic acids is 1. The van der Waals surface area contributed by atoms with E-state index in [2.05, 4.69) is 10.6 Å². The lowest BCUT2D eigenvalue weighted by molar-refractivity contribution is -0.123. The number of halogens is 2. The van der Waals surface area contributed by atoms with Crippen LogP contribution in [0.25, 0.3) is 0 Å². The summed E-state index contributed by atoms with van der Waals surface area (Å²) < 4.78 is 5.43. The predicted octanol–water partition coefficient (Wildman–Crippen LogP) is 2.17. The molecule has 0 aromatic heterocycles. The first kappa shape index (κ1) is 18.0. The molecule has 2 N–H and O–H groups in total. The van der Waals surface area contributed by atoms with Crippen LogP contribution in [0.2, 0.25) is 5.02 Å². The fourth-order valence-electron chi connectivity index (χ4n) is 1.31. The summed E-state index contributed by atoms with van der Waals surface area (Å²) in [6, 6.07) is 5.62. The van der Waals surface area contributed by atoms with Crippen molar-refractivity contribution < 1.29 is 9.53 Å². The Bertz CT molecular complexity index is 414. The molecule has 0 radical (unpaired) electrons. The molecule has 19 heavy (non-hydrogen) atoms. The topological polar surface area (TPSA) is 50.4 Å². The van der Waals surface area contributed by atoms with Crippen molar-refractivity contribution in [3.8, 4) is 5.75 Å². The molecular formula is C13H20Cl2N2O2. The van der Waals surface area contributed by atoms with Crippen molar-refractivity contribution in [1.29, 1.82) is 0 Å². The smallest absolute Gasteiger partial charge is 0.257 e. The van der Waals surface area contributed by atoms with E-state index in [0.717, 1.165) is 5.56 Å². The molecule has 0 saturated carbocycles. The maximum atomic E-state index is 11.5. The number of rotatable bonds is 6. The zero-order valence-electron chi connectivity index (χ0n) is 11.3. The van der Waals surface area contributed by atoms with Gasteiger partial charge in [0.2, 0.25) is 0 Å². The third-order valence-corrected chi connectivity index (χ3v) is 3.08. The molecule has 1 amide bonds. The minimum atomic E-state index is -0.142. The van der Waals surface area contributed by atoms with E-state index in [1.807, 2.05) is 20.9 Å². The molecule has 0 aliphatic heterocycles. The Morgan fingerprint density at radius 3 is 2.79 bits per heavy atom. The van der Waals surface area contributed by atoms with E-state index >= 15 is 0 Å². The Hall–Kier alpha value is -0.970. The standard InChI is InChI=1S/C13H19ClN2O2.ClH/c1-9(15-3)7-16-13(17)8-18-12-6-4-5-11(14)10(12)2;/h4-6,9,15H,7-8H2,1-3H3,(H,16,17);1H. The first-order chi connectivity index (χ1) is 8.54. The number of nitrogens with one attached hydrogen (secondary N) is 2. The lowest BCUT2D eigenvalue weighted by Crippen LogP contribution is -2.39. The van der Waals surface area contributed by atoms with E-state index < -0.39 is 0 Å². The first-order valence-electron chi connectivity index (χ1n) is 5.86. The van der Waals surface area contributed by atoms with E-state index in [4.69, 9.17) is 16.3 Å². The lowest BCUT2D eigenvalue weighted by Gasteiger charge is -2.13. The Balaban J connectivity index is 0.00000324. The van der Waals surface area contributed by atoms with E-state index in [0.29, 0.717) is 17.3 Å². The van der Waals surface area contributed by atoms with Crippen LogP contribution in [-0.2, 0) is 4.79 Å². The van der Waals surface area contributed by atoms with Crippen molar-refractivity contribution in [2.75, 3.05) is 20.2 Å². The molecule has 0 fully saturated rings. The van der Waals surface area contributed by atoms with Gasteiger partial charge in [-0.25, -0.2) is 0 Å². The highest BCUT2D eigenvalue weighted by molar-refractivity contribution is 6.31. The van der Waals surface area contributed by atoms with E-state index in [-0.39, 0.29) is 31.0 Å². The molecule has 108 valence electrons. The summed E-state index contributed by atoms with van der Waals surface area (Å²) in [5.41, 5.74) is 0.843. The number of hydrogen-bond acceptors (Lipinski definition) is 3. The summed E-state index contributed by atoms with van der Waals surface area (Å²) in [6.45, 7) is 4.42. The molecule has 0 heterocycles. The van der Waals surface area contributed by atoms with Crippen LogP contribution >= 0.6 is 24.0 Å². The lowest BCUT2D eigenvalue weighted by atomic mass is 10.2. The third-order valence-electron chi connectivity index (χ3n) is 2.67. The highest BCUT2D eigenvalue weighted by Gasteiger charge is 2.07. The minimum Gasteiger partial charge on any atom is -0.483 e. The van der Waals surface area contributed by atoms with E-state index in [1.165, 1.54) is 0 Å². The molecule has 0 saturated heterocycles. The zero-order chi connectivity index (χ0) is 13.5. The quantitative estimate of drug-likeness (QED) is 0.847. The fraction of sp³-hybridized carbons (Fsp3) is 0.462. The largest absolute Gasteiger partial charge is 0.483 e. The highest BCUT2D eigenvalue weighted by Crippen LogP contribution is 2.24. The van der Waals surface area contributed by atoms with Gasteiger partial charge in [0.25, 0.3) is 5.91 Å². The van der Waals surface area contributed by atoms with Crippen LogP contribution < -0.4 is 15.4 Å². The molecule has 0 aliphatic rings. The van der Waals surface area contributed by atoms with Crippen molar-refractivity contribution >= 4 is 29.9 Å². The molecule has 0 spiro atoms. The number of amides is 1. The number of benzene rings is 1. The SMILES string of the molecule is CNC(C)CNC(=O)COc1cccc(Cl)c1C.Cl. The number of hydrogen-bond donors (Lipinski definition) is 2. The Morgan fingerprint density at radius 1 is 1.47 bits per heavy atom. The third kappa shape index (κ3) is 6.14. The van der Waals surface area contributed by atoms with Crippen LogP contribution in [-0.4, -0.2) is 32.1 Å². The first-order valence-corrected chi connectivity index (χ1v) is 6.24. The normalized spacial score (nSPS) is 11.4. The van der Waals surface area contributed by atoms with Gasteiger partial charge in [-0.2, -0.15) is 0 Å². The molecule has 1 atom stereocenters. The second-order valence-electron chi connectivity index (χ2n) is 4.15. The average molecular weight is 307 g/mol. The number of ether oxygens (including phenoxy) is 1. The van der Waals surface area contributed by atoms with Crippen LogP contribution in [0.4, 0.5) is 0 Å². The van der Waals surface area contributed by atoms with Gasteiger partial charge >= 0.3 is 0 Å². The number of likely N-dealkylation sites (N-methyl/N-ethyl adjacent to an activating group) is 1. The maximum Gasteiger partial charge on any atom is 0.257 e. The summed E-state index contributed by atoms with van der Waals surface area (Å²) in [7, 11) is 1.85. The molecule has 1 rings (SSSR count). The van der Waals surface area contributed by atoms with Gasteiger partial charge in [-0.1, -0.05) is 17.7 Å². The molecule has 0 aliphatic carbocycles. The van der Waals surface area contributed by atoms with Gasteiger partial charge in [0.15, 0.2) is 6.61 Å². The summed E-state index contributed by atoms with van der Waals surface area (Å²) >= 11 is 5.96. The minimum absolute atomic E-state index is 0. The fourth-order valence-corrected chi connectivity index (χ4v) is 1.47.